The first kappa shape index (κ1) is 15.1. The Morgan fingerprint density at radius 2 is 2.22 bits per heavy atom. The Morgan fingerprint density at radius 1 is 1.35 bits per heavy atom. The zero-order chi connectivity index (χ0) is 15.7. The van der Waals surface area contributed by atoms with Crippen LogP contribution in [-0.4, -0.2) is 36.7 Å². The van der Waals surface area contributed by atoms with Crippen molar-refractivity contribution in [1.82, 2.24) is 9.88 Å². The van der Waals surface area contributed by atoms with Crippen LogP contribution in [0.2, 0.25) is 0 Å². The molecule has 0 aliphatic carbocycles. The van der Waals surface area contributed by atoms with E-state index >= 15 is 0 Å². The van der Waals surface area contributed by atoms with Crippen molar-refractivity contribution < 1.29 is 9.47 Å². The Morgan fingerprint density at radius 3 is 3.04 bits per heavy atom. The van der Waals surface area contributed by atoms with Gasteiger partial charge in [0.15, 0.2) is 0 Å². The molecule has 0 bridgehead atoms. The summed E-state index contributed by atoms with van der Waals surface area (Å²) in [6.07, 6.45) is 4.99. The number of thiophene rings is 1. The molecule has 4 heterocycles. The lowest BCUT2D eigenvalue weighted by Gasteiger charge is -2.43. The molecule has 1 saturated heterocycles. The predicted octanol–water partition coefficient (Wildman–Crippen LogP) is 3.22. The van der Waals surface area contributed by atoms with E-state index in [1.165, 1.54) is 10.4 Å². The van der Waals surface area contributed by atoms with Crippen LogP contribution >= 0.6 is 11.3 Å². The number of likely N-dealkylation sites (tertiary alicyclic amines) is 1. The minimum Gasteiger partial charge on any atom is -0.481 e. The fourth-order valence-electron chi connectivity index (χ4n) is 3.77. The smallest absolute Gasteiger partial charge is 0.217 e. The predicted molar refractivity (Wildman–Crippen MR) is 91.0 cm³/mol. The maximum absolute atomic E-state index is 6.28. The third kappa shape index (κ3) is 2.77. The van der Waals surface area contributed by atoms with Gasteiger partial charge < -0.3 is 9.47 Å². The fourth-order valence-corrected chi connectivity index (χ4v) is 4.93. The van der Waals surface area contributed by atoms with Gasteiger partial charge in [0, 0.05) is 36.3 Å². The summed E-state index contributed by atoms with van der Waals surface area (Å²) < 4.78 is 11.7. The molecule has 0 N–H and O–H groups in total. The summed E-state index contributed by atoms with van der Waals surface area (Å²) in [5, 5.41) is 2.22. The van der Waals surface area contributed by atoms with Crippen molar-refractivity contribution in [2.75, 3.05) is 26.8 Å². The number of aromatic nitrogens is 1. The third-order valence-electron chi connectivity index (χ3n) is 5.01. The zero-order valence-electron chi connectivity index (χ0n) is 13.5. The topological polar surface area (TPSA) is 34.6 Å². The summed E-state index contributed by atoms with van der Waals surface area (Å²) in [7, 11) is 1.69. The molecule has 0 unspecified atom stereocenters. The molecule has 0 saturated carbocycles. The van der Waals surface area contributed by atoms with Gasteiger partial charge in [0.1, 0.15) is 5.60 Å². The normalized spacial score (nSPS) is 20.4. The number of hydrogen-bond donors (Lipinski definition) is 0. The summed E-state index contributed by atoms with van der Waals surface area (Å²) in [4.78, 5) is 8.25. The van der Waals surface area contributed by atoms with Crippen LogP contribution in [-0.2, 0) is 23.3 Å². The van der Waals surface area contributed by atoms with E-state index in [9.17, 15) is 0 Å². The number of nitrogens with zero attached hydrogens (tertiary/aromatic N) is 2. The molecule has 0 radical (unpaired) electrons. The second-order valence-corrected chi connectivity index (χ2v) is 7.23. The maximum atomic E-state index is 6.28. The van der Waals surface area contributed by atoms with E-state index in [2.05, 4.69) is 27.4 Å². The fraction of sp³-hybridized carbons (Fsp3) is 0.500. The molecule has 0 amide bonds. The first-order valence-corrected chi connectivity index (χ1v) is 9.10. The van der Waals surface area contributed by atoms with Gasteiger partial charge in [0.2, 0.25) is 5.88 Å². The van der Waals surface area contributed by atoms with Gasteiger partial charge in [0.05, 0.1) is 13.7 Å². The minimum absolute atomic E-state index is 0.0305. The number of fused-ring (bicyclic) bond motifs is 2. The zero-order valence-corrected chi connectivity index (χ0v) is 14.3. The van der Waals surface area contributed by atoms with Gasteiger partial charge in [-0.15, -0.1) is 11.3 Å². The highest BCUT2D eigenvalue weighted by molar-refractivity contribution is 7.10. The number of piperidine rings is 1. The lowest BCUT2D eigenvalue weighted by Crippen LogP contribution is -2.45. The van der Waals surface area contributed by atoms with Crippen LogP contribution < -0.4 is 4.74 Å². The number of pyridine rings is 1. The Hall–Kier alpha value is -1.43. The van der Waals surface area contributed by atoms with E-state index in [-0.39, 0.29) is 5.60 Å². The Balaban J connectivity index is 1.46. The van der Waals surface area contributed by atoms with Gasteiger partial charge >= 0.3 is 0 Å². The Labute approximate surface area is 141 Å². The lowest BCUT2D eigenvalue weighted by atomic mass is 9.85. The molecular formula is C18H22N2O2S. The summed E-state index contributed by atoms with van der Waals surface area (Å²) in [5.41, 5.74) is 2.63. The Kier molecular flexibility index (Phi) is 4.09. The van der Waals surface area contributed by atoms with Crippen molar-refractivity contribution in [3.05, 3.63) is 45.8 Å². The molecule has 5 heteroatoms. The van der Waals surface area contributed by atoms with Gasteiger partial charge in [-0.2, -0.15) is 0 Å². The molecule has 1 spiro atoms. The number of methoxy groups -OCH3 is 1. The van der Waals surface area contributed by atoms with Crippen LogP contribution in [0.3, 0.4) is 0 Å². The second kappa shape index (κ2) is 6.23. The minimum atomic E-state index is -0.0305. The van der Waals surface area contributed by atoms with Gasteiger partial charge in [-0.25, -0.2) is 4.98 Å². The van der Waals surface area contributed by atoms with Crippen molar-refractivity contribution in [2.24, 2.45) is 0 Å². The average Bonchev–Trinajstić information content (AvgIpc) is 3.08. The van der Waals surface area contributed by atoms with Crippen molar-refractivity contribution in [3.63, 3.8) is 0 Å². The highest BCUT2D eigenvalue weighted by Gasteiger charge is 2.41. The van der Waals surface area contributed by atoms with Gasteiger partial charge in [-0.3, -0.25) is 4.90 Å². The Bertz CT molecular complexity index is 677. The molecule has 23 heavy (non-hydrogen) atoms. The largest absolute Gasteiger partial charge is 0.481 e. The average molecular weight is 330 g/mol. The van der Waals surface area contributed by atoms with Gasteiger partial charge in [-0.05, 0) is 42.3 Å². The molecule has 4 rings (SSSR count). The summed E-state index contributed by atoms with van der Waals surface area (Å²) in [6, 6.07) is 6.35. The van der Waals surface area contributed by atoms with E-state index in [0.717, 1.165) is 56.9 Å². The van der Waals surface area contributed by atoms with Crippen LogP contribution in [0.5, 0.6) is 5.88 Å². The van der Waals surface area contributed by atoms with E-state index < -0.39 is 0 Å². The van der Waals surface area contributed by atoms with Crippen LogP contribution in [0, 0.1) is 0 Å². The molecule has 4 nitrogen and oxygen atoms in total. The number of ether oxygens (including phenoxy) is 2. The summed E-state index contributed by atoms with van der Waals surface area (Å²) >= 11 is 1.87. The quantitative estimate of drug-likeness (QED) is 0.865. The second-order valence-electron chi connectivity index (χ2n) is 6.32. The van der Waals surface area contributed by atoms with E-state index in [0.29, 0.717) is 0 Å². The van der Waals surface area contributed by atoms with Crippen molar-refractivity contribution in [2.45, 2.75) is 31.4 Å². The molecule has 2 aromatic heterocycles. The van der Waals surface area contributed by atoms with Crippen LogP contribution in [0.25, 0.3) is 0 Å². The van der Waals surface area contributed by atoms with Crippen LogP contribution in [0.15, 0.2) is 29.8 Å². The maximum Gasteiger partial charge on any atom is 0.217 e. The van der Waals surface area contributed by atoms with Gasteiger partial charge in [-0.1, -0.05) is 6.07 Å². The van der Waals surface area contributed by atoms with E-state index in [4.69, 9.17) is 9.47 Å². The molecule has 122 valence electrons. The standard InChI is InChI=1S/C18H22N2O2S/c1-21-17-15(3-2-8-19-17)13-20-9-6-18(7-10-20)16-14(4-11-22-18)5-12-23-16/h2-3,5,8,12H,4,6-7,9-11,13H2,1H3. The third-order valence-corrected chi connectivity index (χ3v) is 6.15. The van der Waals surface area contributed by atoms with Gasteiger partial charge in [0.25, 0.3) is 0 Å². The first-order chi connectivity index (χ1) is 11.3. The lowest BCUT2D eigenvalue weighted by molar-refractivity contribution is -0.0961. The molecular weight excluding hydrogens is 308 g/mol. The SMILES string of the molecule is COc1ncccc1CN1CCC2(CC1)OCCc1ccsc12. The summed E-state index contributed by atoms with van der Waals surface area (Å²) in [6.45, 7) is 3.86. The monoisotopic (exact) mass is 330 g/mol. The first-order valence-electron chi connectivity index (χ1n) is 8.22. The van der Waals surface area contributed by atoms with Crippen molar-refractivity contribution in [1.29, 1.82) is 0 Å². The molecule has 2 aliphatic heterocycles. The van der Waals surface area contributed by atoms with E-state index in [1.54, 1.807) is 13.3 Å². The summed E-state index contributed by atoms with van der Waals surface area (Å²) in [5.74, 6) is 0.738. The van der Waals surface area contributed by atoms with E-state index in [1.807, 2.05) is 17.4 Å². The van der Waals surface area contributed by atoms with Crippen molar-refractivity contribution in [3.8, 4) is 5.88 Å². The highest BCUT2D eigenvalue weighted by Crippen LogP contribution is 2.44. The number of rotatable bonds is 3. The van der Waals surface area contributed by atoms with Crippen LogP contribution in [0.1, 0.15) is 28.8 Å². The molecule has 2 aromatic rings. The molecule has 0 atom stereocenters. The number of hydrogen-bond acceptors (Lipinski definition) is 5. The van der Waals surface area contributed by atoms with Crippen molar-refractivity contribution >= 4 is 11.3 Å². The molecule has 0 aromatic carbocycles. The highest BCUT2D eigenvalue weighted by atomic mass is 32.1. The molecule has 1 fully saturated rings. The van der Waals surface area contributed by atoms with Crippen LogP contribution in [0.4, 0.5) is 0 Å². The molecule has 2 aliphatic rings.